The van der Waals surface area contributed by atoms with Crippen molar-refractivity contribution in [2.45, 2.75) is 6.54 Å². The molecule has 4 aromatic carbocycles. The van der Waals surface area contributed by atoms with Gasteiger partial charge in [0.05, 0.1) is 6.54 Å². The van der Waals surface area contributed by atoms with Gasteiger partial charge in [-0.2, -0.15) is 0 Å². The normalized spacial score (nSPS) is 13.6. The number of anilines is 1. The van der Waals surface area contributed by atoms with Crippen LogP contribution in [0.4, 0.5) is 5.69 Å². The molecule has 6 rings (SSSR count). The van der Waals surface area contributed by atoms with Gasteiger partial charge in [-0.15, -0.1) is 0 Å². The summed E-state index contributed by atoms with van der Waals surface area (Å²) in [5.41, 5.74) is 2.12. The summed E-state index contributed by atoms with van der Waals surface area (Å²) < 4.78 is 11.2. The number of hydrogen-bond acceptors (Lipinski definition) is 4. The van der Waals surface area contributed by atoms with E-state index in [1.807, 2.05) is 24.3 Å². The minimum absolute atomic E-state index is 0.315. The van der Waals surface area contributed by atoms with E-state index in [2.05, 4.69) is 59.5 Å². The maximum absolute atomic E-state index is 12.3. The quantitative estimate of drug-likeness (QED) is 0.287. The third-order valence-corrected chi connectivity index (χ3v) is 5.64. The average molecular weight is 379 g/mol. The molecule has 0 aliphatic carbocycles. The molecule has 5 aromatic rings. The molecule has 0 N–H and O–H groups in total. The summed E-state index contributed by atoms with van der Waals surface area (Å²) in [4.78, 5) is 14.5. The lowest BCUT2D eigenvalue weighted by Crippen LogP contribution is -2.34. The fourth-order valence-corrected chi connectivity index (χ4v) is 4.17. The summed E-state index contributed by atoms with van der Waals surface area (Å²) in [6.45, 7) is 0.912. The van der Waals surface area contributed by atoms with Gasteiger partial charge in [0.2, 0.25) is 5.75 Å². The largest absolute Gasteiger partial charge is 0.465 e. The van der Waals surface area contributed by atoms with Gasteiger partial charge in [-0.25, -0.2) is 4.79 Å². The Hall–Kier alpha value is -3.79. The molecule has 0 atom stereocenters. The van der Waals surface area contributed by atoms with Gasteiger partial charge in [-0.05, 0) is 51.9 Å². The van der Waals surface area contributed by atoms with Crippen LogP contribution in [0.2, 0.25) is 0 Å². The summed E-state index contributed by atoms with van der Waals surface area (Å²) in [7, 11) is 0. The average Bonchev–Trinajstić information content (AvgIpc) is 2.77. The highest BCUT2D eigenvalue weighted by molar-refractivity contribution is 5.99. The first-order valence-electron chi connectivity index (χ1n) is 9.61. The van der Waals surface area contributed by atoms with E-state index in [1.165, 1.54) is 21.5 Å². The number of nitrogens with zero attached hydrogens (tertiary/aromatic N) is 1. The molecule has 0 saturated carbocycles. The highest BCUT2D eigenvalue weighted by Crippen LogP contribution is 2.33. The smallest absolute Gasteiger partial charge is 0.379 e. The Labute approximate surface area is 166 Å². The van der Waals surface area contributed by atoms with Crippen molar-refractivity contribution in [3.8, 4) is 5.75 Å². The molecular formula is C25H17NO3. The Morgan fingerprint density at radius 3 is 2.34 bits per heavy atom. The van der Waals surface area contributed by atoms with Gasteiger partial charge in [-0.1, -0.05) is 48.5 Å². The molecule has 0 amide bonds. The topological polar surface area (TPSA) is 42.7 Å². The van der Waals surface area contributed by atoms with Crippen LogP contribution in [0.1, 0.15) is 5.56 Å². The van der Waals surface area contributed by atoms with Crippen LogP contribution in [0.15, 0.2) is 88.1 Å². The maximum atomic E-state index is 12.3. The molecule has 0 fully saturated rings. The second-order valence-electron chi connectivity index (χ2n) is 7.40. The lowest BCUT2D eigenvalue weighted by atomic mass is 10.0. The first-order valence-corrected chi connectivity index (χ1v) is 9.61. The van der Waals surface area contributed by atoms with Crippen molar-refractivity contribution in [3.05, 3.63) is 94.8 Å². The van der Waals surface area contributed by atoms with Crippen LogP contribution < -0.4 is 15.3 Å². The first-order chi connectivity index (χ1) is 14.3. The third kappa shape index (κ3) is 2.57. The highest BCUT2D eigenvalue weighted by atomic mass is 16.5. The van der Waals surface area contributed by atoms with Gasteiger partial charge in [0.15, 0.2) is 6.73 Å². The molecular weight excluding hydrogens is 362 g/mol. The first kappa shape index (κ1) is 16.2. The van der Waals surface area contributed by atoms with Gasteiger partial charge in [0, 0.05) is 16.6 Å². The summed E-state index contributed by atoms with van der Waals surface area (Å²) >= 11 is 0. The van der Waals surface area contributed by atoms with Gasteiger partial charge in [0.1, 0.15) is 5.58 Å². The number of benzene rings is 4. The van der Waals surface area contributed by atoms with Gasteiger partial charge >= 0.3 is 5.63 Å². The SMILES string of the molecule is O=c1oc2ccccc2c2c1OCN(c1ccc3cc4ccccc4cc3c1)C2. The Morgan fingerprint density at radius 2 is 1.48 bits per heavy atom. The van der Waals surface area contributed by atoms with Crippen molar-refractivity contribution in [1.29, 1.82) is 0 Å². The molecule has 4 nitrogen and oxygen atoms in total. The van der Waals surface area contributed by atoms with E-state index in [0.717, 1.165) is 16.6 Å². The van der Waals surface area contributed by atoms with Crippen molar-refractivity contribution in [2.75, 3.05) is 11.6 Å². The molecule has 0 radical (unpaired) electrons. The standard InChI is InChI=1S/C25H17NO3/c27-25-24-22(21-7-3-4-8-23(21)29-25)14-26(15-28-24)20-10-9-18-11-16-5-1-2-6-17(16)12-19(18)13-20/h1-13H,14-15H2. The number of fused-ring (bicyclic) bond motifs is 5. The van der Waals surface area contributed by atoms with Crippen LogP contribution in [-0.4, -0.2) is 6.73 Å². The number of ether oxygens (including phenoxy) is 1. The van der Waals surface area contributed by atoms with Crippen LogP contribution in [-0.2, 0) is 6.54 Å². The maximum Gasteiger partial charge on any atom is 0.379 e. The van der Waals surface area contributed by atoms with Crippen LogP contribution in [0.3, 0.4) is 0 Å². The fraction of sp³-hybridized carbons (Fsp3) is 0.0800. The molecule has 4 heteroatoms. The molecule has 1 aliphatic heterocycles. The molecule has 0 spiro atoms. The molecule has 0 saturated heterocycles. The van der Waals surface area contributed by atoms with Gasteiger partial charge < -0.3 is 14.1 Å². The fourth-order valence-electron chi connectivity index (χ4n) is 4.17. The summed E-state index contributed by atoms with van der Waals surface area (Å²) in [6, 6.07) is 26.9. The predicted molar refractivity (Wildman–Crippen MR) is 116 cm³/mol. The van der Waals surface area contributed by atoms with E-state index in [-0.39, 0.29) is 0 Å². The molecule has 1 aromatic heterocycles. The van der Waals surface area contributed by atoms with Crippen molar-refractivity contribution < 1.29 is 9.15 Å². The zero-order chi connectivity index (χ0) is 19.4. The van der Waals surface area contributed by atoms with Crippen LogP contribution in [0.25, 0.3) is 32.5 Å². The number of rotatable bonds is 1. The summed E-state index contributed by atoms with van der Waals surface area (Å²) in [5, 5.41) is 5.77. The van der Waals surface area contributed by atoms with Gasteiger partial charge in [0.25, 0.3) is 0 Å². The molecule has 2 heterocycles. The van der Waals surface area contributed by atoms with Crippen LogP contribution >= 0.6 is 0 Å². The zero-order valence-electron chi connectivity index (χ0n) is 15.6. The number of hydrogen-bond donors (Lipinski definition) is 0. The van der Waals surface area contributed by atoms with E-state index < -0.39 is 5.63 Å². The molecule has 29 heavy (non-hydrogen) atoms. The van der Waals surface area contributed by atoms with Gasteiger partial charge in [-0.3, -0.25) is 0 Å². The van der Waals surface area contributed by atoms with Crippen molar-refractivity contribution in [1.82, 2.24) is 0 Å². The van der Waals surface area contributed by atoms with Crippen LogP contribution in [0.5, 0.6) is 5.75 Å². The molecule has 1 aliphatic rings. The highest BCUT2D eigenvalue weighted by Gasteiger charge is 2.24. The van der Waals surface area contributed by atoms with E-state index in [0.29, 0.717) is 24.6 Å². The van der Waals surface area contributed by atoms with E-state index in [4.69, 9.17) is 9.15 Å². The molecule has 0 bridgehead atoms. The van der Waals surface area contributed by atoms with E-state index in [1.54, 1.807) is 0 Å². The zero-order valence-corrected chi connectivity index (χ0v) is 15.6. The monoisotopic (exact) mass is 379 g/mol. The van der Waals surface area contributed by atoms with E-state index >= 15 is 0 Å². The lowest BCUT2D eigenvalue weighted by molar-refractivity contribution is 0.275. The van der Waals surface area contributed by atoms with Crippen molar-refractivity contribution in [3.63, 3.8) is 0 Å². The molecule has 140 valence electrons. The second kappa shape index (κ2) is 6.11. The Bertz CT molecular complexity index is 1470. The van der Waals surface area contributed by atoms with Crippen molar-refractivity contribution >= 4 is 38.2 Å². The van der Waals surface area contributed by atoms with Crippen LogP contribution in [0, 0.1) is 0 Å². The third-order valence-electron chi connectivity index (χ3n) is 5.64. The van der Waals surface area contributed by atoms with Crippen molar-refractivity contribution in [2.24, 2.45) is 0 Å². The second-order valence-corrected chi connectivity index (χ2v) is 7.40. The summed E-state index contributed by atoms with van der Waals surface area (Å²) in [6.07, 6.45) is 0. The molecule has 0 unspecified atom stereocenters. The predicted octanol–water partition coefficient (Wildman–Crippen LogP) is 5.46. The Balaban J connectivity index is 1.46. The minimum Gasteiger partial charge on any atom is -0.465 e. The lowest BCUT2D eigenvalue weighted by Gasteiger charge is -2.30. The number of para-hydroxylation sites is 1. The summed E-state index contributed by atoms with van der Waals surface area (Å²) in [5.74, 6) is 0.326. The Kier molecular flexibility index (Phi) is 3.41. The van der Waals surface area contributed by atoms with E-state index in [9.17, 15) is 4.79 Å². The Morgan fingerprint density at radius 1 is 0.759 bits per heavy atom. The minimum atomic E-state index is -0.414.